The van der Waals surface area contributed by atoms with Crippen molar-refractivity contribution in [2.45, 2.75) is 44.6 Å². The van der Waals surface area contributed by atoms with E-state index in [0.29, 0.717) is 0 Å². The number of nitrogens with one attached hydrogen (secondary N) is 1. The van der Waals surface area contributed by atoms with Crippen LogP contribution in [-0.4, -0.2) is 60.4 Å². The maximum absolute atomic E-state index is 12.6. The van der Waals surface area contributed by atoms with Crippen LogP contribution < -0.4 is 5.32 Å². The third-order valence-corrected chi connectivity index (χ3v) is 5.56. The maximum Gasteiger partial charge on any atom is 0.237 e. The van der Waals surface area contributed by atoms with E-state index < -0.39 is 0 Å². The Labute approximate surface area is 137 Å². The van der Waals surface area contributed by atoms with Crippen molar-refractivity contribution in [2.24, 2.45) is 11.8 Å². The normalized spacial score (nSPS) is 28.2. The fraction of sp³-hybridized carbons (Fsp3) is 0.824. The van der Waals surface area contributed by atoms with Gasteiger partial charge in [0, 0.05) is 31.5 Å². The molecule has 0 bridgehead atoms. The van der Waals surface area contributed by atoms with Gasteiger partial charge in [0.1, 0.15) is 0 Å². The number of nitrogens with zero attached hydrogens (tertiary/aromatic N) is 3. The lowest BCUT2D eigenvalue weighted by molar-refractivity contribution is -0.139. The van der Waals surface area contributed by atoms with Gasteiger partial charge in [-0.25, -0.2) is 0 Å². The van der Waals surface area contributed by atoms with Crippen LogP contribution in [0.5, 0.6) is 0 Å². The zero-order chi connectivity index (χ0) is 16.2. The molecule has 6 nitrogen and oxygen atoms in total. The summed E-state index contributed by atoms with van der Waals surface area (Å²) in [6, 6.07) is 2.31. The van der Waals surface area contributed by atoms with E-state index in [9.17, 15) is 9.59 Å². The van der Waals surface area contributed by atoms with Gasteiger partial charge in [0.05, 0.1) is 12.1 Å². The molecule has 6 heteroatoms. The molecule has 23 heavy (non-hydrogen) atoms. The lowest BCUT2D eigenvalue weighted by Crippen LogP contribution is -2.54. The Morgan fingerprint density at radius 1 is 1.09 bits per heavy atom. The lowest BCUT2D eigenvalue weighted by atomic mass is 9.91. The van der Waals surface area contributed by atoms with Crippen LogP contribution in [0.2, 0.25) is 0 Å². The molecule has 0 aromatic carbocycles. The van der Waals surface area contributed by atoms with Gasteiger partial charge in [0.2, 0.25) is 11.8 Å². The van der Waals surface area contributed by atoms with Crippen molar-refractivity contribution in [2.75, 3.05) is 32.7 Å². The number of carbonyl (C=O) groups excluding carboxylic acids is 2. The fourth-order valence-electron chi connectivity index (χ4n) is 4.05. The third kappa shape index (κ3) is 3.66. The number of likely N-dealkylation sites (tertiary alicyclic amines) is 2. The first-order valence-corrected chi connectivity index (χ1v) is 8.89. The molecule has 1 N–H and O–H groups in total. The highest BCUT2D eigenvalue weighted by Crippen LogP contribution is 2.25. The van der Waals surface area contributed by atoms with Crippen LogP contribution in [-0.2, 0) is 9.59 Å². The summed E-state index contributed by atoms with van der Waals surface area (Å²) < 4.78 is 0. The van der Waals surface area contributed by atoms with Gasteiger partial charge in [0.15, 0.2) is 0 Å². The number of carbonyl (C=O) groups is 2. The second-order valence-corrected chi connectivity index (χ2v) is 6.99. The molecule has 1 atom stereocenters. The molecule has 3 heterocycles. The van der Waals surface area contributed by atoms with E-state index in [1.165, 1.54) is 0 Å². The van der Waals surface area contributed by atoms with Crippen LogP contribution in [0.15, 0.2) is 0 Å². The van der Waals surface area contributed by atoms with E-state index in [1.54, 1.807) is 0 Å². The monoisotopic (exact) mass is 318 g/mol. The Bertz CT molecular complexity index is 485. The topological polar surface area (TPSA) is 76.4 Å². The molecule has 3 rings (SSSR count). The van der Waals surface area contributed by atoms with Crippen molar-refractivity contribution in [1.29, 1.82) is 5.26 Å². The molecule has 0 radical (unpaired) electrons. The number of nitriles is 1. The summed E-state index contributed by atoms with van der Waals surface area (Å²) in [4.78, 5) is 28.8. The molecule has 0 aromatic rings. The lowest BCUT2D eigenvalue weighted by Gasteiger charge is -2.39. The van der Waals surface area contributed by atoms with Crippen molar-refractivity contribution in [3.63, 3.8) is 0 Å². The molecule has 0 spiro atoms. The quantitative estimate of drug-likeness (QED) is 0.815. The van der Waals surface area contributed by atoms with Crippen molar-refractivity contribution in [1.82, 2.24) is 15.1 Å². The zero-order valence-electron chi connectivity index (χ0n) is 13.7. The van der Waals surface area contributed by atoms with Gasteiger partial charge in [-0.2, -0.15) is 5.26 Å². The standard InChI is InChI=1S/C17H26N4O2/c18-12-13-3-8-21(9-4-13)17(23)14-5-10-20(11-6-14)15-2-1-7-19-16(15)22/h13-15H,1-11H2,(H,19,22). The summed E-state index contributed by atoms with van der Waals surface area (Å²) in [6.07, 6.45) is 5.30. The van der Waals surface area contributed by atoms with Crippen LogP contribution >= 0.6 is 0 Å². The van der Waals surface area contributed by atoms with E-state index in [1.807, 2.05) is 4.90 Å². The summed E-state index contributed by atoms with van der Waals surface area (Å²) in [7, 11) is 0. The predicted molar refractivity (Wildman–Crippen MR) is 85.2 cm³/mol. The number of rotatable bonds is 2. The summed E-state index contributed by atoms with van der Waals surface area (Å²) in [5, 5.41) is 11.9. The average molecular weight is 318 g/mol. The van der Waals surface area contributed by atoms with Gasteiger partial charge < -0.3 is 10.2 Å². The summed E-state index contributed by atoms with van der Waals surface area (Å²) >= 11 is 0. The second kappa shape index (κ2) is 7.31. The molecule has 3 fully saturated rings. The second-order valence-electron chi connectivity index (χ2n) is 6.99. The first-order chi connectivity index (χ1) is 11.2. The largest absolute Gasteiger partial charge is 0.355 e. The van der Waals surface area contributed by atoms with Gasteiger partial charge in [-0.1, -0.05) is 0 Å². The Kier molecular flexibility index (Phi) is 5.16. The van der Waals surface area contributed by atoms with Gasteiger partial charge in [0.25, 0.3) is 0 Å². The molecule has 3 aliphatic rings. The van der Waals surface area contributed by atoms with Crippen LogP contribution in [0.25, 0.3) is 0 Å². The van der Waals surface area contributed by atoms with E-state index in [4.69, 9.17) is 5.26 Å². The van der Waals surface area contributed by atoms with E-state index in [2.05, 4.69) is 16.3 Å². The zero-order valence-corrected chi connectivity index (χ0v) is 13.7. The third-order valence-electron chi connectivity index (χ3n) is 5.56. The first kappa shape index (κ1) is 16.3. The van der Waals surface area contributed by atoms with Gasteiger partial charge in [-0.15, -0.1) is 0 Å². The van der Waals surface area contributed by atoms with Crippen LogP contribution in [0.1, 0.15) is 38.5 Å². The Hall–Kier alpha value is -1.61. The van der Waals surface area contributed by atoms with Crippen LogP contribution in [0.4, 0.5) is 0 Å². The molecule has 3 aliphatic heterocycles. The predicted octanol–water partition coefficient (Wildman–Crippen LogP) is 0.739. The maximum atomic E-state index is 12.6. The van der Waals surface area contributed by atoms with E-state index >= 15 is 0 Å². The summed E-state index contributed by atoms with van der Waals surface area (Å²) in [6.45, 7) is 3.92. The molecule has 126 valence electrons. The van der Waals surface area contributed by atoms with Gasteiger partial charge >= 0.3 is 0 Å². The minimum absolute atomic E-state index is 0.00572. The number of hydrogen-bond donors (Lipinski definition) is 1. The SMILES string of the molecule is N#CC1CCN(C(=O)C2CCN(C3CCCNC3=O)CC2)CC1. The van der Waals surface area contributed by atoms with E-state index in [0.717, 1.165) is 71.2 Å². The Morgan fingerprint density at radius 2 is 1.78 bits per heavy atom. The average Bonchev–Trinajstić information content (AvgIpc) is 2.62. The smallest absolute Gasteiger partial charge is 0.237 e. The molecular formula is C17H26N4O2. The van der Waals surface area contributed by atoms with Crippen molar-refractivity contribution >= 4 is 11.8 Å². The minimum Gasteiger partial charge on any atom is -0.355 e. The molecular weight excluding hydrogens is 292 g/mol. The summed E-state index contributed by atoms with van der Waals surface area (Å²) in [5.74, 6) is 0.621. The van der Waals surface area contributed by atoms with Crippen LogP contribution in [0, 0.1) is 23.2 Å². The van der Waals surface area contributed by atoms with Crippen molar-refractivity contribution < 1.29 is 9.59 Å². The number of piperidine rings is 3. The van der Waals surface area contributed by atoms with Crippen molar-refractivity contribution in [3.8, 4) is 6.07 Å². The van der Waals surface area contributed by atoms with E-state index in [-0.39, 0.29) is 29.7 Å². The number of hydrogen-bond acceptors (Lipinski definition) is 4. The molecule has 0 aliphatic carbocycles. The minimum atomic E-state index is 0.00572. The molecule has 0 aromatic heterocycles. The first-order valence-electron chi connectivity index (χ1n) is 8.89. The van der Waals surface area contributed by atoms with Crippen molar-refractivity contribution in [3.05, 3.63) is 0 Å². The number of amides is 2. The van der Waals surface area contributed by atoms with Gasteiger partial charge in [-0.05, 0) is 51.6 Å². The Morgan fingerprint density at radius 3 is 2.39 bits per heavy atom. The molecule has 0 saturated carbocycles. The highest BCUT2D eigenvalue weighted by Gasteiger charge is 2.35. The van der Waals surface area contributed by atoms with Gasteiger partial charge in [-0.3, -0.25) is 14.5 Å². The Balaban J connectivity index is 1.48. The molecule has 3 saturated heterocycles. The van der Waals surface area contributed by atoms with Crippen LogP contribution in [0.3, 0.4) is 0 Å². The fourth-order valence-corrected chi connectivity index (χ4v) is 4.05. The highest BCUT2D eigenvalue weighted by atomic mass is 16.2. The molecule has 1 unspecified atom stereocenters. The summed E-state index contributed by atoms with van der Waals surface area (Å²) in [5.41, 5.74) is 0. The highest BCUT2D eigenvalue weighted by molar-refractivity contribution is 5.82. The molecule has 2 amide bonds.